The van der Waals surface area contributed by atoms with E-state index in [9.17, 15) is 4.79 Å². The van der Waals surface area contributed by atoms with E-state index in [1.807, 2.05) is 32.0 Å². The van der Waals surface area contributed by atoms with Gasteiger partial charge in [-0.3, -0.25) is 9.69 Å². The Hall–Kier alpha value is -1.55. The van der Waals surface area contributed by atoms with Crippen molar-refractivity contribution in [2.24, 2.45) is 5.92 Å². The van der Waals surface area contributed by atoms with Crippen LogP contribution in [0.25, 0.3) is 0 Å². The third-order valence-electron chi connectivity index (χ3n) is 4.61. The standard InChI is InChI=1S/C17H25N3O/c1-12(2)17(21)19-14-6-3-5-13(11-14)18-15-8-10-20-9-4-7-16(15)20/h3,5-6,11-12,15-16,18H,4,7-10H2,1-2H3,(H,19,21). The number of amides is 1. The second kappa shape index (κ2) is 6.06. The fraction of sp³-hybridized carbons (Fsp3) is 0.588. The predicted molar refractivity (Wildman–Crippen MR) is 86.5 cm³/mol. The zero-order chi connectivity index (χ0) is 14.8. The molecule has 114 valence electrons. The maximum absolute atomic E-state index is 11.8. The van der Waals surface area contributed by atoms with Gasteiger partial charge in [0.15, 0.2) is 0 Å². The first kappa shape index (κ1) is 14.4. The Morgan fingerprint density at radius 2 is 2.05 bits per heavy atom. The Morgan fingerprint density at radius 1 is 1.24 bits per heavy atom. The molecule has 0 saturated carbocycles. The van der Waals surface area contributed by atoms with Gasteiger partial charge in [-0.15, -0.1) is 0 Å². The van der Waals surface area contributed by atoms with E-state index in [1.165, 1.54) is 32.4 Å². The van der Waals surface area contributed by atoms with Gasteiger partial charge in [-0.05, 0) is 44.0 Å². The van der Waals surface area contributed by atoms with E-state index in [4.69, 9.17) is 0 Å². The summed E-state index contributed by atoms with van der Waals surface area (Å²) in [6.45, 7) is 6.29. The monoisotopic (exact) mass is 287 g/mol. The maximum atomic E-state index is 11.8. The van der Waals surface area contributed by atoms with Crippen molar-refractivity contribution in [1.82, 2.24) is 4.90 Å². The molecule has 2 unspecified atom stereocenters. The SMILES string of the molecule is CC(C)C(=O)Nc1cccc(NC2CCN3CCCC23)c1. The third kappa shape index (κ3) is 3.21. The number of anilines is 2. The summed E-state index contributed by atoms with van der Waals surface area (Å²) in [7, 11) is 0. The molecule has 2 atom stereocenters. The van der Waals surface area contributed by atoms with Crippen LogP contribution in [0, 0.1) is 5.92 Å². The van der Waals surface area contributed by atoms with Crippen molar-refractivity contribution in [2.75, 3.05) is 23.7 Å². The Morgan fingerprint density at radius 3 is 2.86 bits per heavy atom. The first-order valence-corrected chi connectivity index (χ1v) is 8.05. The molecule has 2 aliphatic heterocycles. The van der Waals surface area contributed by atoms with E-state index < -0.39 is 0 Å². The maximum Gasteiger partial charge on any atom is 0.226 e. The second-order valence-corrected chi connectivity index (χ2v) is 6.51. The lowest BCUT2D eigenvalue weighted by Gasteiger charge is -2.22. The van der Waals surface area contributed by atoms with Gasteiger partial charge < -0.3 is 10.6 Å². The van der Waals surface area contributed by atoms with Crippen LogP contribution in [-0.2, 0) is 4.79 Å². The summed E-state index contributed by atoms with van der Waals surface area (Å²) in [5.41, 5.74) is 1.98. The average molecular weight is 287 g/mol. The summed E-state index contributed by atoms with van der Waals surface area (Å²) in [6, 6.07) is 9.31. The highest BCUT2D eigenvalue weighted by molar-refractivity contribution is 5.92. The molecule has 2 saturated heterocycles. The Kier molecular flexibility index (Phi) is 4.15. The molecule has 0 radical (unpaired) electrons. The molecule has 0 spiro atoms. The highest BCUT2D eigenvalue weighted by Crippen LogP contribution is 2.30. The molecule has 2 aliphatic rings. The molecule has 0 bridgehead atoms. The number of carbonyl (C=O) groups is 1. The molecule has 21 heavy (non-hydrogen) atoms. The van der Waals surface area contributed by atoms with Gasteiger partial charge in [0.2, 0.25) is 5.91 Å². The molecule has 0 aromatic heterocycles. The average Bonchev–Trinajstić information content (AvgIpc) is 3.04. The van der Waals surface area contributed by atoms with Crippen molar-refractivity contribution in [3.8, 4) is 0 Å². The number of benzene rings is 1. The summed E-state index contributed by atoms with van der Waals surface area (Å²) >= 11 is 0. The van der Waals surface area contributed by atoms with E-state index >= 15 is 0 Å². The molecule has 2 N–H and O–H groups in total. The number of fused-ring (bicyclic) bond motifs is 1. The second-order valence-electron chi connectivity index (χ2n) is 6.51. The van der Waals surface area contributed by atoms with Gasteiger partial charge in [0, 0.05) is 35.9 Å². The van der Waals surface area contributed by atoms with Gasteiger partial charge in [-0.1, -0.05) is 19.9 Å². The summed E-state index contributed by atoms with van der Waals surface area (Å²) < 4.78 is 0. The molecule has 4 heteroatoms. The Bertz CT molecular complexity index is 515. The summed E-state index contributed by atoms with van der Waals surface area (Å²) in [5.74, 6) is 0.0680. The van der Waals surface area contributed by atoms with Crippen molar-refractivity contribution in [3.05, 3.63) is 24.3 Å². The lowest BCUT2D eigenvalue weighted by molar-refractivity contribution is -0.118. The number of nitrogens with zero attached hydrogens (tertiary/aromatic N) is 1. The number of rotatable bonds is 4. The summed E-state index contributed by atoms with van der Waals surface area (Å²) in [6.07, 6.45) is 3.85. The zero-order valence-electron chi connectivity index (χ0n) is 12.9. The molecule has 3 rings (SSSR count). The van der Waals surface area contributed by atoms with Crippen molar-refractivity contribution < 1.29 is 4.79 Å². The lowest BCUT2D eigenvalue weighted by Crippen LogP contribution is -2.33. The van der Waals surface area contributed by atoms with Crippen LogP contribution in [-0.4, -0.2) is 36.0 Å². The number of hydrogen-bond acceptors (Lipinski definition) is 3. The van der Waals surface area contributed by atoms with Crippen LogP contribution in [0.1, 0.15) is 33.1 Å². The fourth-order valence-electron chi connectivity index (χ4n) is 3.44. The van der Waals surface area contributed by atoms with Crippen LogP contribution < -0.4 is 10.6 Å². The largest absolute Gasteiger partial charge is 0.381 e. The van der Waals surface area contributed by atoms with Crippen LogP contribution >= 0.6 is 0 Å². The smallest absolute Gasteiger partial charge is 0.226 e. The lowest BCUT2D eigenvalue weighted by atomic mass is 10.1. The topological polar surface area (TPSA) is 44.4 Å². The normalized spacial score (nSPS) is 25.1. The van der Waals surface area contributed by atoms with Gasteiger partial charge in [0.25, 0.3) is 0 Å². The number of carbonyl (C=O) groups excluding carboxylic acids is 1. The minimum absolute atomic E-state index is 0.00324. The van der Waals surface area contributed by atoms with Gasteiger partial charge in [-0.25, -0.2) is 0 Å². The summed E-state index contributed by atoms with van der Waals surface area (Å²) in [5, 5.41) is 6.63. The van der Waals surface area contributed by atoms with E-state index in [-0.39, 0.29) is 11.8 Å². The van der Waals surface area contributed by atoms with Crippen LogP contribution in [0.15, 0.2) is 24.3 Å². The highest BCUT2D eigenvalue weighted by atomic mass is 16.1. The molecule has 1 amide bonds. The van der Waals surface area contributed by atoms with E-state index in [0.29, 0.717) is 12.1 Å². The van der Waals surface area contributed by atoms with Gasteiger partial charge in [-0.2, -0.15) is 0 Å². The first-order valence-electron chi connectivity index (χ1n) is 8.05. The Labute approximate surface area is 126 Å². The fourth-order valence-corrected chi connectivity index (χ4v) is 3.44. The molecular weight excluding hydrogens is 262 g/mol. The number of nitrogens with one attached hydrogen (secondary N) is 2. The van der Waals surface area contributed by atoms with E-state index in [2.05, 4.69) is 21.6 Å². The van der Waals surface area contributed by atoms with Crippen molar-refractivity contribution in [1.29, 1.82) is 0 Å². The molecule has 1 aromatic carbocycles. The Balaban J connectivity index is 1.64. The number of hydrogen-bond donors (Lipinski definition) is 2. The minimum Gasteiger partial charge on any atom is -0.381 e. The summed E-state index contributed by atoms with van der Waals surface area (Å²) in [4.78, 5) is 14.4. The van der Waals surface area contributed by atoms with Crippen molar-refractivity contribution in [3.63, 3.8) is 0 Å². The third-order valence-corrected chi connectivity index (χ3v) is 4.61. The van der Waals surface area contributed by atoms with Crippen LogP contribution in [0.5, 0.6) is 0 Å². The molecule has 1 aromatic rings. The first-order chi connectivity index (χ1) is 10.1. The van der Waals surface area contributed by atoms with Crippen molar-refractivity contribution in [2.45, 2.75) is 45.2 Å². The molecule has 4 nitrogen and oxygen atoms in total. The molecule has 2 heterocycles. The van der Waals surface area contributed by atoms with E-state index in [1.54, 1.807) is 0 Å². The highest BCUT2D eigenvalue weighted by Gasteiger charge is 2.36. The van der Waals surface area contributed by atoms with Crippen LogP contribution in [0.2, 0.25) is 0 Å². The van der Waals surface area contributed by atoms with Gasteiger partial charge in [0.1, 0.15) is 0 Å². The predicted octanol–water partition coefficient (Wildman–Crippen LogP) is 2.93. The van der Waals surface area contributed by atoms with E-state index in [0.717, 1.165) is 11.4 Å². The van der Waals surface area contributed by atoms with Crippen LogP contribution in [0.3, 0.4) is 0 Å². The molecule has 2 fully saturated rings. The minimum atomic E-state index is 0.00324. The van der Waals surface area contributed by atoms with Crippen molar-refractivity contribution >= 4 is 17.3 Å². The van der Waals surface area contributed by atoms with Gasteiger partial charge >= 0.3 is 0 Å². The van der Waals surface area contributed by atoms with Crippen LogP contribution in [0.4, 0.5) is 11.4 Å². The molecular formula is C17H25N3O. The quantitative estimate of drug-likeness (QED) is 0.895. The van der Waals surface area contributed by atoms with Gasteiger partial charge in [0.05, 0.1) is 0 Å². The zero-order valence-corrected chi connectivity index (χ0v) is 12.9. The molecule has 0 aliphatic carbocycles.